The second-order valence-corrected chi connectivity index (χ2v) is 4.17. The van der Waals surface area contributed by atoms with Gasteiger partial charge in [0.25, 0.3) is 0 Å². The van der Waals surface area contributed by atoms with E-state index < -0.39 is 5.97 Å². The van der Waals surface area contributed by atoms with Gasteiger partial charge in [-0.25, -0.2) is 9.48 Å². The minimum absolute atomic E-state index is 0.894. The van der Waals surface area contributed by atoms with E-state index in [0.717, 1.165) is 28.5 Å². The molecule has 0 saturated heterocycles. The zero-order valence-corrected chi connectivity index (χ0v) is 10.3. The Kier molecular flexibility index (Phi) is 3.28. The number of rotatable bonds is 3. The summed E-state index contributed by atoms with van der Waals surface area (Å²) in [5.41, 5.74) is 3.97. The van der Waals surface area contributed by atoms with Gasteiger partial charge in [0.05, 0.1) is 11.9 Å². The zero-order valence-electron chi connectivity index (χ0n) is 10.3. The second kappa shape index (κ2) is 4.87. The molecule has 0 saturated carbocycles. The van der Waals surface area contributed by atoms with E-state index in [1.165, 1.54) is 0 Å². The van der Waals surface area contributed by atoms with Crippen molar-refractivity contribution in [1.82, 2.24) is 9.78 Å². The molecule has 0 fully saturated rings. The van der Waals surface area contributed by atoms with Crippen molar-refractivity contribution in [3.8, 4) is 5.69 Å². The Bertz CT molecular complexity index is 612. The molecule has 0 unspecified atom stereocenters. The quantitative estimate of drug-likeness (QED) is 0.842. The minimum atomic E-state index is -0.943. The second-order valence-electron chi connectivity index (χ2n) is 4.17. The first-order valence-electron chi connectivity index (χ1n) is 5.59. The molecule has 1 heterocycles. The van der Waals surface area contributed by atoms with Crippen LogP contribution in [0.3, 0.4) is 0 Å². The highest BCUT2D eigenvalue weighted by Crippen LogP contribution is 2.16. The molecule has 0 amide bonds. The Hall–Kier alpha value is -2.36. The van der Waals surface area contributed by atoms with Gasteiger partial charge >= 0.3 is 5.97 Å². The van der Waals surface area contributed by atoms with Crippen LogP contribution in [0, 0.1) is 13.8 Å². The van der Waals surface area contributed by atoms with Crippen molar-refractivity contribution in [2.45, 2.75) is 13.8 Å². The maximum Gasteiger partial charge on any atom is 0.328 e. The number of aliphatic carboxylic acids is 1. The van der Waals surface area contributed by atoms with Crippen molar-refractivity contribution in [3.63, 3.8) is 0 Å². The summed E-state index contributed by atoms with van der Waals surface area (Å²) in [5, 5.41) is 12.8. The third-order valence-electron chi connectivity index (χ3n) is 2.64. The molecule has 0 bridgehead atoms. The molecular weight excluding hydrogens is 228 g/mol. The number of carboxylic acid groups (broad SMARTS) is 1. The Balaban J connectivity index is 2.33. The summed E-state index contributed by atoms with van der Waals surface area (Å²) in [6, 6.07) is 5.79. The lowest BCUT2D eigenvalue weighted by Gasteiger charge is -2.05. The van der Waals surface area contributed by atoms with E-state index in [2.05, 4.69) is 5.10 Å². The Morgan fingerprint density at radius 3 is 2.72 bits per heavy atom. The molecule has 92 valence electrons. The van der Waals surface area contributed by atoms with Crippen molar-refractivity contribution >= 4 is 12.0 Å². The highest BCUT2D eigenvalue weighted by Gasteiger charge is 2.01. The smallest absolute Gasteiger partial charge is 0.328 e. The zero-order chi connectivity index (χ0) is 13.1. The number of hydrogen-bond donors (Lipinski definition) is 1. The van der Waals surface area contributed by atoms with Gasteiger partial charge in [0, 0.05) is 12.3 Å². The minimum Gasteiger partial charge on any atom is -0.478 e. The molecule has 4 nitrogen and oxygen atoms in total. The first kappa shape index (κ1) is 12.1. The number of carboxylic acids is 1. The predicted molar refractivity (Wildman–Crippen MR) is 69.7 cm³/mol. The molecule has 4 heteroatoms. The number of carbonyl (C=O) groups is 1. The summed E-state index contributed by atoms with van der Waals surface area (Å²) in [7, 11) is 0. The Morgan fingerprint density at radius 2 is 2.17 bits per heavy atom. The average Bonchev–Trinajstić information content (AvgIpc) is 2.74. The monoisotopic (exact) mass is 242 g/mol. The average molecular weight is 242 g/mol. The van der Waals surface area contributed by atoms with E-state index >= 15 is 0 Å². The number of aromatic nitrogens is 2. The molecular formula is C14H14N2O2. The van der Waals surface area contributed by atoms with Crippen molar-refractivity contribution < 1.29 is 9.90 Å². The fourth-order valence-corrected chi connectivity index (χ4v) is 1.70. The van der Waals surface area contributed by atoms with Crippen LogP contribution in [0.15, 0.2) is 36.7 Å². The Morgan fingerprint density at radius 1 is 1.39 bits per heavy atom. The van der Waals surface area contributed by atoms with Gasteiger partial charge in [-0.15, -0.1) is 0 Å². The number of benzene rings is 1. The lowest BCUT2D eigenvalue weighted by Crippen LogP contribution is -1.95. The van der Waals surface area contributed by atoms with Crippen LogP contribution in [0.25, 0.3) is 11.8 Å². The Labute approximate surface area is 105 Å². The van der Waals surface area contributed by atoms with Gasteiger partial charge in [0.15, 0.2) is 0 Å². The van der Waals surface area contributed by atoms with Gasteiger partial charge in [-0.2, -0.15) is 5.10 Å². The molecule has 2 rings (SSSR count). The molecule has 18 heavy (non-hydrogen) atoms. The lowest BCUT2D eigenvalue weighted by atomic mass is 10.1. The molecule has 1 aromatic heterocycles. The first-order valence-corrected chi connectivity index (χ1v) is 5.59. The molecule has 0 radical (unpaired) electrons. The number of hydrogen-bond acceptors (Lipinski definition) is 2. The summed E-state index contributed by atoms with van der Waals surface area (Å²) in [5.74, 6) is -0.943. The molecule has 1 N–H and O–H groups in total. The van der Waals surface area contributed by atoms with Crippen LogP contribution >= 0.6 is 0 Å². The van der Waals surface area contributed by atoms with Gasteiger partial charge < -0.3 is 5.11 Å². The van der Waals surface area contributed by atoms with Gasteiger partial charge in [-0.1, -0.05) is 6.07 Å². The van der Waals surface area contributed by atoms with Crippen LogP contribution in [0.2, 0.25) is 0 Å². The third-order valence-corrected chi connectivity index (χ3v) is 2.64. The summed E-state index contributed by atoms with van der Waals surface area (Å²) in [6.07, 6.45) is 6.48. The van der Waals surface area contributed by atoms with Crippen LogP contribution < -0.4 is 0 Å². The third kappa shape index (κ3) is 2.66. The van der Waals surface area contributed by atoms with E-state index in [9.17, 15) is 4.79 Å². The molecule has 0 aliphatic carbocycles. The van der Waals surface area contributed by atoms with Crippen molar-refractivity contribution in [1.29, 1.82) is 0 Å². The van der Waals surface area contributed by atoms with Crippen molar-refractivity contribution in [3.05, 3.63) is 53.4 Å². The first-order chi connectivity index (χ1) is 8.56. The van der Waals surface area contributed by atoms with E-state index in [-0.39, 0.29) is 0 Å². The topological polar surface area (TPSA) is 55.1 Å². The summed E-state index contributed by atoms with van der Waals surface area (Å²) >= 11 is 0. The normalized spacial score (nSPS) is 11.0. The highest BCUT2D eigenvalue weighted by molar-refractivity contribution is 5.85. The summed E-state index contributed by atoms with van der Waals surface area (Å²) in [6.45, 7) is 3.93. The molecule has 0 aliphatic heterocycles. The van der Waals surface area contributed by atoms with E-state index in [1.54, 1.807) is 17.0 Å². The largest absolute Gasteiger partial charge is 0.478 e. The van der Waals surface area contributed by atoms with Crippen LogP contribution in [-0.4, -0.2) is 20.9 Å². The van der Waals surface area contributed by atoms with Crippen LogP contribution in [0.1, 0.15) is 16.7 Å². The fourth-order valence-electron chi connectivity index (χ4n) is 1.70. The number of nitrogens with zero attached hydrogens (tertiary/aromatic N) is 2. The van der Waals surface area contributed by atoms with Crippen LogP contribution in [0.4, 0.5) is 0 Å². The summed E-state index contributed by atoms with van der Waals surface area (Å²) < 4.78 is 1.80. The van der Waals surface area contributed by atoms with Gasteiger partial charge in [0.2, 0.25) is 0 Å². The molecule has 0 spiro atoms. The maximum atomic E-state index is 10.5. The van der Waals surface area contributed by atoms with Gasteiger partial charge in [-0.3, -0.25) is 0 Å². The molecule has 2 aromatic rings. The fraction of sp³-hybridized carbons (Fsp3) is 0.143. The van der Waals surface area contributed by atoms with Gasteiger partial charge in [-0.05, 0) is 48.7 Å². The molecule has 0 atom stereocenters. The predicted octanol–water partition coefficient (Wildman–Crippen LogP) is 2.59. The summed E-state index contributed by atoms with van der Waals surface area (Å²) in [4.78, 5) is 10.5. The highest BCUT2D eigenvalue weighted by atomic mass is 16.4. The SMILES string of the molecule is Cc1cnn(-c2ccc(C=CC(=O)O)c(C)c2)c1. The number of aryl methyl sites for hydroxylation is 2. The van der Waals surface area contributed by atoms with Crippen LogP contribution in [-0.2, 0) is 4.79 Å². The lowest BCUT2D eigenvalue weighted by molar-refractivity contribution is -0.131. The van der Waals surface area contributed by atoms with Gasteiger partial charge in [0.1, 0.15) is 0 Å². The molecule has 1 aromatic carbocycles. The van der Waals surface area contributed by atoms with Crippen LogP contribution in [0.5, 0.6) is 0 Å². The standard InChI is InChI=1S/C14H14N2O2/c1-10-8-15-16(9-10)13-5-3-12(11(2)7-13)4-6-14(17)18/h3-9H,1-2H3,(H,17,18). The van der Waals surface area contributed by atoms with E-state index in [1.807, 2.05) is 38.2 Å². The van der Waals surface area contributed by atoms with Crippen molar-refractivity contribution in [2.75, 3.05) is 0 Å². The maximum absolute atomic E-state index is 10.5. The van der Waals surface area contributed by atoms with E-state index in [0.29, 0.717) is 0 Å². The van der Waals surface area contributed by atoms with E-state index in [4.69, 9.17) is 5.11 Å². The van der Waals surface area contributed by atoms with Crippen molar-refractivity contribution in [2.24, 2.45) is 0 Å². The molecule has 0 aliphatic rings.